The van der Waals surface area contributed by atoms with Gasteiger partial charge in [0.05, 0.1) is 6.04 Å². The molecule has 2 nitrogen and oxygen atoms in total. The number of rotatable bonds is 0. The van der Waals surface area contributed by atoms with E-state index in [-0.39, 0.29) is 0 Å². The van der Waals surface area contributed by atoms with Gasteiger partial charge in [-0.05, 0) is 41.3 Å². The Hall–Kier alpha value is -3.26. The van der Waals surface area contributed by atoms with Crippen molar-refractivity contribution in [3.8, 4) is 33.8 Å². The van der Waals surface area contributed by atoms with Crippen LogP contribution in [0.2, 0.25) is 0 Å². The van der Waals surface area contributed by atoms with Crippen LogP contribution in [0.15, 0.2) is 78.9 Å². The Bertz CT molecular complexity index is 1120. The fourth-order valence-electron chi connectivity index (χ4n) is 4.31. The van der Waals surface area contributed by atoms with E-state index in [1.807, 2.05) is 6.07 Å². The second kappa shape index (κ2) is 5.12. The third-order valence-corrected chi connectivity index (χ3v) is 5.53. The summed E-state index contributed by atoms with van der Waals surface area (Å²) in [6, 6.07) is 21.7. The summed E-state index contributed by atoms with van der Waals surface area (Å²) >= 11 is 0. The molecule has 2 heterocycles. The molecule has 1 aliphatic carbocycles. The largest absolute Gasteiger partial charge is 0.456 e. The van der Waals surface area contributed by atoms with Crippen LogP contribution in [-0.2, 0) is 0 Å². The van der Waals surface area contributed by atoms with Crippen LogP contribution < -0.4 is 10.1 Å². The van der Waals surface area contributed by atoms with Crippen LogP contribution in [0.4, 0.5) is 5.69 Å². The summed E-state index contributed by atoms with van der Waals surface area (Å²) in [7, 11) is 0. The van der Waals surface area contributed by atoms with E-state index in [0.717, 1.165) is 29.0 Å². The van der Waals surface area contributed by atoms with Crippen LogP contribution in [0.5, 0.6) is 11.5 Å². The zero-order valence-electron chi connectivity index (χ0n) is 14.2. The van der Waals surface area contributed by atoms with Crippen molar-refractivity contribution in [2.24, 2.45) is 0 Å². The lowest BCUT2D eigenvalue weighted by molar-refractivity contribution is 0.487. The van der Waals surface area contributed by atoms with E-state index in [1.54, 1.807) is 0 Å². The topological polar surface area (TPSA) is 21.3 Å². The number of nitrogens with one attached hydrogen (secondary N) is 1. The number of para-hydroxylation sites is 1. The van der Waals surface area contributed by atoms with Crippen LogP contribution in [0.25, 0.3) is 27.8 Å². The van der Waals surface area contributed by atoms with E-state index in [2.05, 4.69) is 78.1 Å². The van der Waals surface area contributed by atoms with Crippen LogP contribution in [-0.4, -0.2) is 6.04 Å². The van der Waals surface area contributed by atoms with Crippen molar-refractivity contribution in [3.05, 3.63) is 84.5 Å². The first-order chi connectivity index (χ1) is 12.9. The molecule has 124 valence electrons. The quantitative estimate of drug-likeness (QED) is 0.409. The molecule has 0 fully saturated rings. The molecule has 6 rings (SSSR count). The lowest BCUT2D eigenvalue weighted by Crippen LogP contribution is -2.14. The van der Waals surface area contributed by atoms with Gasteiger partial charge < -0.3 is 10.1 Å². The molecule has 1 N–H and O–H groups in total. The van der Waals surface area contributed by atoms with Crippen molar-refractivity contribution in [1.29, 1.82) is 0 Å². The third-order valence-electron chi connectivity index (χ3n) is 5.53. The monoisotopic (exact) mass is 335 g/mol. The maximum absolute atomic E-state index is 6.42. The Morgan fingerprint density at radius 3 is 2.42 bits per heavy atom. The van der Waals surface area contributed by atoms with Gasteiger partial charge in [-0.25, -0.2) is 0 Å². The third kappa shape index (κ3) is 1.87. The van der Waals surface area contributed by atoms with Gasteiger partial charge in [-0.15, -0.1) is 0 Å². The van der Waals surface area contributed by atoms with E-state index < -0.39 is 0 Å². The molecule has 3 aliphatic rings. The Labute approximate surface area is 152 Å². The van der Waals surface area contributed by atoms with Crippen molar-refractivity contribution in [2.45, 2.75) is 12.5 Å². The average molecular weight is 335 g/mol. The van der Waals surface area contributed by atoms with Crippen molar-refractivity contribution >= 4 is 11.3 Å². The molecule has 0 saturated heterocycles. The number of benzene rings is 3. The summed E-state index contributed by atoms with van der Waals surface area (Å²) in [5.74, 6) is 1.85. The Kier molecular flexibility index (Phi) is 2.75. The van der Waals surface area contributed by atoms with Crippen molar-refractivity contribution < 1.29 is 4.74 Å². The number of anilines is 1. The standard InChI is InChI=1S/C24H17NO/c1-2-8-16-15(7-1)18-10-4-6-12-23(18)26-24-14-19-17-9-3-5-11-21(17)25-22(19)13-20(16)24/h1-10,12-14,21,25H,11H2. The summed E-state index contributed by atoms with van der Waals surface area (Å²) in [6.07, 6.45) is 7.63. The molecule has 0 radical (unpaired) electrons. The van der Waals surface area contributed by atoms with Gasteiger partial charge in [0.25, 0.3) is 0 Å². The maximum Gasteiger partial charge on any atom is 0.136 e. The molecular weight excluding hydrogens is 318 g/mol. The maximum atomic E-state index is 6.42. The zero-order chi connectivity index (χ0) is 17.1. The van der Waals surface area contributed by atoms with E-state index in [0.29, 0.717) is 6.04 Å². The normalized spacial score (nSPS) is 18.2. The van der Waals surface area contributed by atoms with Gasteiger partial charge in [0.15, 0.2) is 0 Å². The van der Waals surface area contributed by atoms with Gasteiger partial charge in [0.1, 0.15) is 11.5 Å². The molecular formula is C24H17NO. The fourth-order valence-corrected chi connectivity index (χ4v) is 4.31. The molecule has 1 atom stereocenters. The molecule has 0 spiro atoms. The summed E-state index contributed by atoms with van der Waals surface area (Å²) in [5, 5.41) is 3.68. The smallest absolute Gasteiger partial charge is 0.136 e. The molecule has 0 bridgehead atoms. The molecule has 3 aromatic rings. The van der Waals surface area contributed by atoms with Gasteiger partial charge in [-0.1, -0.05) is 60.7 Å². The Balaban J connectivity index is 1.64. The van der Waals surface area contributed by atoms with E-state index in [4.69, 9.17) is 4.74 Å². The number of ether oxygens (including phenoxy) is 1. The first kappa shape index (κ1) is 14.0. The second-order valence-corrected chi connectivity index (χ2v) is 7.02. The highest BCUT2D eigenvalue weighted by molar-refractivity contribution is 5.96. The molecule has 0 amide bonds. The predicted octanol–water partition coefficient (Wildman–Crippen LogP) is 6.26. The lowest BCUT2D eigenvalue weighted by Gasteiger charge is -2.13. The fraction of sp³-hybridized carbons (Fsp3) is 0.0833. The first-order valence-corrected chi connectivity index (χ1v) is 9.07. The molecule has 0 aromatic heterocycles. The average Bonchev–Trinajstić information content (AvgIpc) is 2.98. The minimum Gasteiger partial charge on any atom is -0.456 e. The second-order valence-electron chi connectivity index (χ2n) is 7.02. The van der Waals surface area contributed by atoms with E-state index in [1.165, 1.54) is 28.0 Å². The molecule has 2 heteroatoms. The highest BCUT2D eigenvalue weighted by atomic mass is 16.5. The molecule has 1 unspecified atom stereocenters. The van der Waals surface area contributed by atoms with Crippen LogP contribution >= 0.6 is 0 Å². The van der Waals surface area contributed by atoms with Crippen LogP contribution in [0.1, 0.15) is 12.0 Å². The van der Waals surface area contributed by atoms with Crippen molar-refractivity contribution in [3.63, 3.8) is 0 Å². The van der Waals surface area contributed by atoms with Crippen LogP contribution in [0.3, 0.4) is 0 Å². The van der Waals surface area contributed by atoms with Gasteiger partial charge in [-0.2, -0.15) is 0 Å². The molecule has 0 saturated carbocycles. The summed E-state index contributed by atoms with van der Waals surface area (Å²) in [4.78, 5) is 0. The van der Waals surface area contributed by atoms with Gasteiger partial charge in [-0.3, -0.25) is 0 Å². The highest BCUT2D eigenvalue weighted by Crippen LogP contribution is 2.50. The molecule has 26 heavy (non-hydrogen) atoms. The molecule has 2 aliphatic heterocycles. The number of fused-ring (bicyclic) bond motifs is 8. The first-order valence-electron chi connectivity index (χ1n) is 9.07. The minimum absolute atomic E-state index is 0.378. The number of allylic oxidation sites excluding steroid dienone is 2. The van der Waals surface area contributed by atoms with Gasteiger partial charge in [0.2, 0.25) is 0 Å². The SMILES string of the molecule is C1=CCC2Nc3cc4c(cc3C2=C1)Oc1ccccc1-c1ccccc1-4. The van der Waals surface area contributed by atoms with Gasteiger partial charge in [0, 0.05) is 22.4 Å². The number of hydrogen-bond donors (Lipinski definition) is 1. The zero-order valence-corrected chi connectivity index (χ0v) is 14.2. The Morgan fingerprint density at radius 2 is 1.54 bits per heavy atom. The minimum atomic E-state index is 0.378. The number of hydrogen-bond acceptors (Lipinski definition) is 2. The summed E-state index contributed by atoms with van der Waals surface area (Å²) in [6.45, 7) is 0. The van der Waals surface area contributed by atoms with Gasteiger partial charge >= 0.3 is 0 Å². The summed E-state index contributed by atoms with van der Waals surface area (Å²) in [5.41, 5.74) is 8.56. The van der Waals surface area contributed by atoms with E-state index >= 15 is 0 Å². The van der Waals surface area contributed by atoms with Crippen LogP contribution in [0, 0.1) is 0 Å². The summed E-state index contributed by atoms with van der Waals surface area (Å²) < 4.78 is 6.42. The Morgan fingerprint density at radius 1 is 0.769 bits per heavy atom. The highest BCUT2D eigenvalue weighted by Gasteiger charge is 2.30. The van der Waals surface area contributed by atoms with E-state index in [9.17, 15) is 0 Å². The predicted molar refractivity (Wildman–Crippen MR) is 107 cm³/mol. The molecule has 3 aromatic carbocycles. The lowest BCUT2D eigenvalue weighted by atomic mass is 9.92. The van der Waals surface area contributed by atoms with Crippen molar-refractivity contribution in [1.82, 2.24) is 0 Å². The van der Waals surface area contributed by atoms with Crippen molar-refractivity contribution in [2.75, 3.05) is 5.32 Å².